The first-order valence-corrected chi connectivity index (χ1v) is 47.7. The summed E-state index contributed by atoms with van der Waals surface area (Å²) >= 11 is 0. The Morgan fingerprint density at radius 1 is 0.253 bits per heavy atom. The van der Waals surface area contributed by atoms with Gasteiger partial charge >= 0.3 is 48.6 Å². The van der Waals surface area contributed by atoms with Crippen LogP contribution in [-0.2, 0) is 55.1 Å². The number of carboxylic acids is 2. The van der Waals surface area contributed by atoms with E-state index in [1.54, 1.807) is 97.1 Å². The van der Waals surface area contributed by atoms with Gasteiger partial charge in [0.25, 0.3) is 0 Å². The first kappa shape index (κ1) is 119. The Morgan fingerprint density at radius 3 is 0.653 bits per heavy atom. The van der Waals surface area contributed by atoms with Crippen LogP contribution in [0.2, 0.25) is 0 Å². The van der Waals surface area contributed by atoms with Crippen molar-refractivity contribution in [2.45, 2.75) is 180 Å². The van der Waals surface area contributed by atoms with Crippen molar-refractivity contribution >= 4 is 23.9 Å². The van der Waals surface area contributed by atoms with Gasteiger partial charge in [-0.1, -0.05) is 150 Å². The maximum atomic E-state index is 14.7. The Labute approximate surface area is 858 Å². The lowest BCUT2D eigenvalue weighted by Gasteiger charge is -2.20. The van der Waals surface area contributed by atoms with Crippen molar-refractivity contribution in [2.24, 2.45) is 0 Å². The van der Waals surface area contributed by atoms with Gasteiger partial charge in [0, 0.05) is 44.5 Å². The van der Waals surface area contributed by atoms with Crippen LogP contribution in [0.4, 0.5) is 70.2 Å². The second kappa shape index (κ2) is 57.5. The summed E-state index contributed by atoms with van der Waals surface area (Å²) in [6, 6.07) is 60.0. The number of halogens is 16. The lowest BCUT2D eigenvalue weighted by molar-refractivity contribution is -0.165. The SMILES string of the molecule is CCCCOc1cc(COc2cccc([C@@H](CC(=O)O)C(F)(F)F)c2)ccc1-c1cc(OC)ccc1F.CCCCOc1cc(COc2cccc([C@@H](CC(=O)OC)C(F)(F)F)c2)ccc1-c1cc(OC)ccc1F.CCCCOc1cc(COc2cccc([C@H](CC(=O)O)C(F)(F)F)c2)ccc1-c1cc(OC)ccc1F.CCCCOc1cc(COc2cccc([C@H](CC(=O)OC)C(F)(F)F)c2)ccc1-c1cc(OC)ccc1F. The number of hydrogen-bond acceptors (Lipinski definition) is 18. The Bertz CT molecular complexity index is 6010. The van der Waals surface area contributed by atoms with E-state index in [-0.39, 0.29) is 71.7 Å². The molecule has 0 heterocycles. The molecule has 12 aromatic carbocycles. The van der Waals surface area contributed by atoms with Gasteiger partial charge < -0.3 is 76.5 Å². The van der Waals surface area contributed by atoms with E-state index in [1.807, 2.05) is 27.7 Å². The van der Waals surface area contributed by atoms with E-state index < -0.39 is 121 Å². The van der Waals surface area contributed by atoms with Crippen molar-refractivity contribution in [2.75, 3.05) is 69.1 Å². The third-order valence-corrected chi connectivity index (χ3v) is 23.3. The number of hydrogen-bond donors (Lipinski definition) is 2. The largest absolute Gasteiger partial charge is 0.497 e. The van der Waals surface area contributed by atoms with Gasteiger partial charge in [0.1, 0.15) is 119 Å². The molecule has 0 spiro atoms. The van der Waals surface area contributed by atoms with Crippen LogP contribution in [0.3, 0.4) is 0 Å². The third kappa shape index (κ3) is 36.2. The quantitative estimate of drug-likeness (QED) is 0.0205. The molecule has 2 N–H and O–H groups in total. The summed E-state index contributed by atoms with van der Waals surface area (Å²) in [6.07, 6.45) is -15.7. The average Bonchev–Trinajstić information content (AvgIpc) is 0.800. The summed E-state index contributed by atoms with van der Waals surface area (Å²) in [4.78, 5) is 45.0. The summed E-state index contributed by atoms with van der Waals surface area (Å²) in [5.74, 6) is -10.6. The number of aliphatic carboxylic acids is 2. The zero-order chi connectivity index (χ0) is 109. The van der Waals surface area contributed by atoms with Gasteiger partial charge in [0.2, 0.25) is 0 Å². The van der Waals surface area contributed by atoms with Gasteiger partial charge in [-0.05, 0) is 216 Å². The molecule has 12 rings (SSSR count). The number of unbranched alkanes of at least 4 members (excludes halogenated alkanes) is 4. The second-order valence-corrected chi connectivity index (χ2v) is 34.1. The average molecular weight is 2110 g/mol. The molecular formula is C114H116F16O20. The molecule has 0 unspecified atom stereocenters. The van der Waals surface area contributed by atoms with E-state index in [1.165, 1.54) is 174 Å². The summed E-state index contributed by atoms with van der Waals surface area (Å²) < 4.78 is 297. The molecule has 0 radical (unpaired) electrons. The standard InChI is InChI=1S/2C29H30F4O5.2C28H28F4O5/c2*1-4-5-13-37-27-14-19(9-11-23(27)24-16-21(35-2)10-12-26(24)30)18-38-22-8-6-7-20(15-22)25(29(31,32)33)17-28(34)36-3;2*1-3-4-12-36-26-13-18(8-10-22(26)23-15-20(35-2)9-11-25(23)29)17-37-21-7-5-6-19(14-21)24(16-27(33)34)28(30,31)32/h2*6-12,14-16,25H,4-5,13,17-18H2,1-3H3;2*5-11,13-15,24H,3-4,12,16-17H2,1-2H3,(H,33,34)/t2*25-;2*24-/m1010/s1. The molecule has 0 aliphatic rings. The topological polar surface area (TPSA) is 238 Å². The fraction of sp³-hybridized carbons (Fsp3) is 0.333. The molecule has 12 aromatic rings. The van der Waals surface area contributed by atoms with Gasteiger partial charge in [0.05, 0.1) is 118 Å². The minimum Gasteiger partial charge on any atom is -0.497 e. The molecule has 0 saturated carbocycles. The molecule has 20 nitrogen and oxygen atoms in total. The number of carbonyl (C=O) groups is 4. The van der Waals surface area contributed by atoms with E-state index in [2.05, 4.69) is 9.47 Å². The highest BCUT2D eigenvalue weighted by atomic mass is 19.4. The predicted molar refractivity (Wildman–Crippen MR) is 531 cm³/mol. The lowest BCUT2D eigenvalue weighted by atomic mass is 9.95. The highest BCUT2D eigenvalue weighted by Gasteiger charge is 2.46. The lowest BCUT2D eigenvalue weighted by Crippen LogP contribution is -2.24. The molecule has 804 valence electrons. The predicted octanol–water partition coefficient (Wildman–Crippen LogP) is 29.7. The molecule has 150 heavy (non-hydrogen) atoms. The molecule has 0 aliphatic heterocycles. The maximum absolute atomic E-state index is 14.7. The van der Waals surface area contributed by atoms with Crippen LogP contribution >= 0.6 is 0 Å². The van der Waals surface area contributed by atoms with E-state index >= 15 is 0 Å². The van der Waals surface area contributed by atoms with Crippen LogP contribution in [0.1, 0.15) is 173 Å². The minimum atomic E-state index is -4.72. The number of ether oxygens (including phenoxy) is 14. The zero-order valence-electron chi connectivity index (χ0n) is 83.8. The minimum absolute atomic E-state index is 0.00405. The van der Waals surface area contributed by atoms with Crippen LogP contribution in [-0.4, -0.2) is 128 Å². The Morgan fingerprint density at radius 2 is 0.467 bits per heavy atom. The number of rotatable bonds is 48. The van der Waals surface area contributed by atoms with Crippen molar-refractivity contribution in [1.82, 2.24) is 0 Å². The van der Waals surface area contributed by atoms with Gasteiger partial charge in [-0.2, -0.15) is 52.7 Å². The van der Waals surface area contributed by atoms with Crippen molar-refractivity contribution in [3.63, 3.8) is 0 Å². The summed E-state index contributed by atoms with van der Waals surface area (Å²) in [5, 5.41) is 17.8. The molecule has 0 saturated heterocycles. The van der Waals surface area contributed by atoms with Crippen LogP contribution < -0.4 is 56.8 Å². The first-order valence-electron chi connectivity index (χ1n) is 47.7. The second-order valence-electron chi connectivity index (χ2n) is 34.1. The number of alkyl halides is 12. The first-order chi connectivity index (χ1) is 71.5. The van der Waals surface area contributed by atoms with Crippen molar-refractivity contribution < 1.29 is 166 Å². The molecule has 0 amide bonds. The number of methoxy groups -OCH3 is 6. The number of esters is 2. The summed E-state index contributed by atoms with van der Waals surface area (Å²) in [5.41, 5.74) is 5.46. The zero-order valence-corrected chi connectivity index (χ0v) is 83.8. The van der Waals surface area contributed by atoms with E-state index in [0.717, 1.165) is 65.6 Å². The molecule has 0 aliphatic carbocycles. The Kier molecular flexibility index (Phi) is 45.5. The van der Waals surface area contributed by atoms with Crippen LogP contribution in [0.5, 0.6) is 69.0 Å². The summed E-state index contributed by atoms with van der Waals surface area (Å²) in [6.45, 7) is 9.86. The van der Waals surface area contributed by atoms with Gasteiger partial charge in [-0.15, -0.1) is 0 Å². The number of benzene rings is 12. The monoisotopic (exact) mass is 2110 g/mol. The van der Waals surface area contributed by atoms with Crippen molar-refractivity contribution in [1.29, 1.82) is 0 Å². The van der Waals surface area contributed by atoms with Crippen molar-refractivity contribution in [3.8, 4) is 114 Å². The molecule has 36 heteroatoms. The van der Waals surface area contributed by atoms with Gasteiger partial charge in [-0.3, -0.25) is 19.2 Å². The number of carboxylic acid groups (broad SMARTS) is 2. The normalized spacial score (nSPS) is 12.1. The van der Waals surface area contributed by atoms with Crippen LogP contribution in [0, 0.1) is 23.3 Å². The smallest absolute Gasteiger partial charge is 0.396 e. The van der Waals surface area contributed by atoms with Crippen LogP contribution in [0.15, 0.2) is 243 Å². The van der Waals surface area contributed by atoms with Gasteiger partial charge in [-0.25, -0.2) is 17.6 Å². The van der Waals surface area contributed by atoms with E-state index in [0.29, 0.717) is 139 Å². The summed E-state index contributed by atoms with van der Waals surface area (Å²) in [7, 11) is 8.06. The Balaban J connectivity index is 0.000000222. The highest BCUT2D eigenvalue weighted by molar-refractivity contribution is 5.77. The molecule has 0 fully saturated rings. The molecule has 4 atom stereocenters. The fourth-order valence-corrected chi connectivity index (χ4v) is 15.1. The van der Waals surface area contributed by atoms with E-state index in [4.69, 9.17) is 67.1 Å². The molecular weight excluding hydrogens is 1990 g/mol. The highest BCUT2D eigenvalue weighted by Crippen LogP contribution is 2.47. The third-order valence-electron chi connectivity index (χ3n) is 23.3. The fourth-order valence-electron chi connectivity index (χ4n) is 15.1. The Hall–Kier alpha value is -15.0. The molecule has 0 bridgehead atoms. The van der Waals surface area contributed by atoms with Crippen LogP contribution in [0.25, 0.3) is 44.5 Å². The van der Waals surface area contributed by atoms with Gasteiger partial charge in [0.15, 0.2) is 0 Å². The number of carbonyl (C=O) groups excluding carboxylic acids is 2. The molecule has 0 aromatic heterocycles. The van der Waals surface area contributed by atoms with Crippen molar-refractivity contribution in [3.05, 3.63) is 310 Å². The van der Waals surface area contributed by atoms with E-state index in [9.17, 15) is 89.4 Å². The maximum Gasteiger partial charge on any atom is 0.396 e.